The number of amides is 1. The highest BCUT2D eigenvalue weighted by Gasteiger charge is 2.30. The topological polar surface area (TPSA) is 72.2 Å². The molecule has 1 rings (SSSR count). The molecule has 0 saturated carbocycles. The summed E-state index contributed by atoms with van der Waals surface area (Å²) in [7, 11) is 0. The van der Waals surface area contributed by atoms with Crippen LogP contribution in [-0.4, -0.2) is 22.2 Å². The van der Waals surface area contributed by atoms with Gasteiger partial charge in [0.25, 0.3) is 11.6 Å². The SMILES string of the molecule is CCC(CC)(CCl)NC(=O)c1cc(Cl)ccc1[N+](=O)[O-]. The van der Waals surface area contributed by atoms with Crippen LogP contribution < -0.4 is 5.32 Å². The molecule has 0 unspecified atom stereocenters. The number of carbonyl (C=O) groups excluding carboxylic acids is 1. The van der Waals surface area contributed by atoms with Crippen LogP contribution in [0.1, 0.15) is 37.0 Å². The highest BCUT2D eigenvalue weighted by molar-refractivity contribution is 6.31. The van der Waals surface area contributed by atoms with Crippen LogP contribution in [0, 0.1) is 10.1 Å². The second-order valence-corrected chi connectivity index (χ2v) is 5.20. The summed E-state index contributed by atoms with van der Waals surface area (Å²) < 4.78 is 0. The van der Waals surface area contributed by atoms with Crippen LogP contribution in [0.5, 0.6) is 0 Å². The lowest BCUT2D eigenvalue weighted by Crippen LogP contribution is -2.49. The van der Waals surface area contributed by atoms with E-state index in [9.17, 15) is 14.9 Å². The van der Waals surface area contributed by atoms with Gasteiger partial charge in [-0.05, 0) is 25.0 Å². The lowest BCUT2D eigenvalue weighted by Gasteiger charge is -2.30. The molecular formula is C13H16Cl2N2O3. The molecule has 0 aromatic heterocycles. The van der Waals surface area contributed by atoms with E-state index in [4.69, 9.17) is 23.2 Å². The van der Waals surface area contributed by atoms with Gasteiger partial charge in [-0.1, -0.05) is 25.4 Å². The standard InChI is InChI=1S/C13H16Cl2N2O3/c1-3-13(4-2,8-14)16-12(18)10-7-9(15)5-6-11(10)17(19)20/h5-7H,3-4,8H2,1-2H3,(H,16,18). The Kier molecular flexibility index (Phi) is 5.77. The van der Waals surface area contributed by atoms with Gasteiger partial charge in [-0.15, -0.1) is 11.6 Å². The Morgan fingerprint density at radius 1 is 1.40 bits per heavy atom. The number of hydrogen-bond acceptors (Lipinski definition) is 3. The van der Waals surface area contributed by atoms with Crippen LogP contribution in [0.4, 0.5) is 5.69 Å². The fourth-order valence-corrected chi connectivity index (χ4v) is 2.42. The van der Waals surface area contributed by atoms with E-state index in [0.29, 0.717) is 12.8 Å². The van der Waals surface area contributed by atoms with Gasteiger partial charge in [0, 0.05) is 17.0 Å². The zero-order chi connectivity index (χ0) is 15.3. The Morgan fingerprint density at radius 2 is 2.00 bits per heavy atom. The van der Waals surface area contributed by atoms with Crippen molar-refractivity contribution in [2.45, 2.75) is 32.2 Å². The van der Waals surface area contributed by atoms with Crippen LogP contribution in [0.2, 0.25) is 5.02 Å². The zero-order valence-electron chi connectivity index (χ0n) is 11.3. The molecule has 1 N–H and O–H groups in total. The average Bonchev–Trinajstić information content (AvgIpc) is 2.44. The van der Waals surface area contributed by atoms with Gasteiger partial charge in [0.2, 0.25) is 0 Å². The lowest BCUT2D eigenvalue weighted by atomic mass is 9.94. The van der Waals surface area contributed by atoms with Crippen molar-refractivity contribution in [3.63, 3.8) is 0 Å². The molecule has 0 bridgehead atoms. The molecule has 7 heteroatoms. The number of nitro benzene ring substituents is 1. The number of halogens is 2. The van der Waals surface area contributed by atoms with E-state index in [1.54, 1.807) is 0 Å². The Morgan fingerprint density at radius 3 is 2.45 bits per heavy atom. The summed E-state index contributed by atoms with van der Waals surface area (Å²) in [5.74, 6) is -0.302. The Balaban J connectivity index is 3.15. The maximum atomic E-state index is 12.3. The predicted molar refractivity (Wildman–Crippen MR) is 79.6 cm³/mol. The normalized spacial score (nSPS) is 11.2. The quantitative estimate of drug-likeness (QED) is 0.493. The number of hydrogen-bond donors (Lipinski definition) is 1. The van der Waals surface area contributed by atoms with Gasteiger partial charge < -0.3 is 5.32 Å². The molecule has 0 aliphatic rings. The summed E-state index contributed by atoms with van der Waals surface area (Å²) in [5, 5.41) is 14.0. The fourth-order valence-electron chi connectivity index (χ4n) is 1.81. The molecule has 0 radical (unpaired) electrons. The number of nitro groups is 1. The lowest BCUT2D eigenvalue weighted by molar-refractivity contribution is -0.385. The van der Waals surface area contributed by atoms with Crippen LogP contribution in [-0.2, 0) is 0 Å². The first-order chi connectivity index (χ1) is 9.39. The van der Waals surface area contributed by atoms with Gasteiger partial charge in [0.05, 0.1) is 10.5 Å². The van der Waals surface area contributed by atoms with Crippen molar-refractivity contribution in [3.8, 4) is 0 Å². The third-order valence-corrected chi connectivity index (χ3v) is 4.13. The van der Waals surface area contributed by atoms with E-state index in [1.165, 1.54) is 18.2 Å². The minimum Gasteiger partial charge on any atom is -0.345 e. The van der Waals surface area contributed by atoms with Crippen molar-refractivity contribution in [1.29, 1.82) is 0 Å². The number of carbonyl (C=O) groups is 1. The van der Waals surface area contributed by atoms with Crippen molar-refractivity contribution >= 4 is 34.8 Å². The van der Waals surface area contributed by atoms with Crippen LogP contribution in [0.25, 0.3) is 0 Å². The molecule has 0 atom stereocenters. The van der Waals surface area contributed by atoms with Gasteiger partial charge in [0.1, 0.15) is 5.56 Å². The number of rotatable bonds is 6. The first kappa shape index (κ1) is 16.7. The molecule has 1 aromatic rings. The Hall–Kier alpha value is -1.33. The highest BCUT2D eigenvalue weighted by atomic mass is 35.5. The largest absolute Gasteiger partial charge is 0.345 e. The van der Waals surface area contributed by atoms with E-state index < -0.39 is 16.4 Å². The molecule has 0 heterocycles. The molecule has 5 nitrogen and oxygen atoms in total. The van der Waals surface area contributed by atoms with Crippen LogP contribution >= 0.6 is 23.2 Å². The zero-order valence-corrected chi connectivity index (χ0v) is 12.8. The highest BCUT2D eigenvalue weighted by Crippen LogP contribution is 2.25. The molecule has 110 valence electrons. The van der Waals surface area contributed by atoms with Crippen molar-refractivity contribution in [3.05, 3.63) is 38.9 Å². The summed E-state index contributed by atoms with van der Waals surface area (Å²) in [6.07, 6.45) is 1.26. The predicted octanol–water partition coefficient (Wildman–Crippen LogP) is 3.78. The van der Waals surface area contributed by atoms with Gasteiger partial charge in [-0.3, -0.25) is 14.9 Å². The molecule has 0 spiro atoms. The second-order valence-electron chi connectivity index (χ2n) is 4.49. The molecule has 0 aliphatic heterocycles. The van der Waals surface area contributed by atoms with E-state index >= 15 is 0 Å². The van der Waals surface area contributed by atoms with Crippen LogP contribution in [0.15, 0.2) is 18.2 Å². The summed E-state index contributed by atoms with van der Waals surface area (Å²) in [6, 6.07) is 3.89. The van der Waals surface area contributed by atoms with Gasteiger partial charge in [0.15, 0.2) is 0 Å². The smallest absolute Gasteiger partial charge is 0.282 e. The second kappa shape index (κ2) is 6.90. The third kappa shape index (κ3) is 3.61. The van der Waals surface area contributed by atoms with E-state index in [0.717, 1.165) is 0 Å². The molecule has 0 saturated heterocycles. The van der Waals surface area contributed by atoms with Crippen LogP contribution in [0.3, 0.4) is 0 Å². The maximum absolute atomic E-state index is 12.3. The number of nitrogens with one attached hydrogen (secondary N) is 1. The van der Waals surface area contributed by atoms with Crippen molar-refractivity contribution in [2.75, 3.05) is 5.88 Å². The number of alkyl halides is 1. The molecular weight excluding hydrogens is 303 g/mol. The van der Waals surface area contributed by atoms with Gasteiger partial charge in [-0.2, -0.15) is 0 Å². The van der Waals surface area contributed by atoms with Crippen molar-refractivity contribution < 1.29 is 9.72 Å². The van der Waals surface area contributed by atoms with E-state index in [2.05, 4.69) is 5.32 Å². The summed E-state index contributed by atoms with van der Waals surface area (Å²) in [6.45, 7) is 3.80. The number of nitrogens with zero attached hydrogens (tertiary/aromatic N) is 1. The monoisotopic (exact) mass is 318 g/mol. The van der Waals surface area contributed by atoms with Gasteiger partial charge in [-0.25, -0.2) is 0 Å². The summed E-state index contributed by atoms with van der Waals surface area (Å²) in [4.78, 5) is 22.6. The molecule has 1 amide bonds. The Bertz CT molecular complexity index is 508. The molecule has 1 aromatic carbocycles. The van der Waals surface area contributed by atoms with E-state index in [-0.39, 0.29) is 22.2 Å². The third-order valence-electron chi connectivity index (χ3n) is 3.39. The Labute approximate surface area is 127 Å². The van der Waals surface area contributed by atoms with E-state index in [1.807, 2.05) is 13.8 Å². The minimum absolute atomic E-state index is 0.0566. The molecule has 20 heavy (non-hydrogen) atoms. The summed E-state index contributed by atoms with van der Waals surface area (Å²) in [5.41, 5.74) is -0.907. The molecule has 0 fully saturated rings. The fraction of sp³-hybridized carbons (Fsp3) is 0.462. The van der Waals surface area contributed by atoms with Gasteiger partial charge >= 0.3 is 0 Å². The molecule has 0 aliphatic carbocycles. The maximum Gasteiger partial charge on any atom is 0.282 e. The minimum atomic E-state index is -0.606. The summed E-state index contributed by atoms with van der Waals surface area (Å²) >= 11 is 11.7. The first-order valence-corrected chi connectivity index (χ1v) is 7.12. The van der Waals surface area contributed by atoms with Crippen molar-refractivity contribution in [2.24, 2.45) is 0 Å². The van der Waals surface area contributed by atoms with Crippen molar-refractivity contribution in [1.82, 2.24) is 5.32 Å². The number of benzene rings is 1. The average molecular weight is 319 g/mol. The first-order valence-electron chi connectivity index (χ1n) is 6.21.